The van der Waals surface area contributed by atoms with Gasteiger partial charge in [-0.3, -0.25) is 0 Å². The van der Waals surface area contributed by atoms with E-state index in [2.05, 4.69) is 25.6 Å². The van der Waals surface area contributed by atoms with Crippen LogP contribution in [0.2, 0.25) is 0 Å². The lowest BCUT2D eigenvalue weighted by molar-refractivity contribution is 0.303. The minimum absolute atomic E-state index is 0.146. The number of nitrogens with one attached hydrogen (secondary N) is 2. The zero-order valence-electron chi connectivity index (χ0n) is 18.9. The maximum absolute atomic E-state index is 13.4. The monoisotopic (exact) mass is 457 g/mol. The molecule has 0 saturated heterocycles. The van der Waals surface area contributed by atoms with Crippen molar-refractivity contribution in [1.82, 2.24) is 9.97 Å². The molecule has 1 aromatic heterocycles. The fourth-order valence-electron chi connectivity index (χ4n) is 3.71. The number of aliphatic imine (C=N–C) groups is 1. The molecule has 3 aromatic carbocycles. The van der Waals surface area contributed by atoms with Gasteiger partial charge in [0.15, 0.2) is 0 Å². The predicted octanol–water partition coefficient (Wildman–Crippen LogP) is 5.59. The third kappa shape index (κ3) is 4.91. The smallest absolute Gasteiger partial charge is 0.289 e. The van der Waals surface area contributed by atoms with E-state index in [9.17, 15) is 4.39 Å². The molecule has 8 heteroatoms. The maximum atomic E-state index is 13.4. The number of aryl methyl sites for hydroxylation is 1. The van der Waals surface area contributed by atoms with E-state index in [0.717, 1.165) is 39.2 Å². The van der Waals surface area contributed by atoms with E-state index >= 15 is 0 Å². The summed E-state index contributed by atoms with van der Waals surface area (Å²) in [6, 6.07) is 18.7. The molecule has 34 heavy (non-hydrogen) atoms. The van der Waals surface area contributed by atoms with Gasteiger partial charge in [0, 0.05) is 16.8 Å². The molecule has 2 N–H and O–H groups in total. The van der Waals surface area contributed by atoms with Crippen molar-refractivity contribution in [2.75, 3.05) is 17.2 Å². The minimum Gasteiger partial charge on any atom is -0.489 e. The van der Waals surface area contributed by atoms with Crippen molar-refractivity contribution in [2.45, 2.75) is 26.5 Å². The molecule has 7 nitrogen and oxygen atoms in total. The molecule has 0 fully saturated rings. The van der Waals surface area contributed by atoms with Gasteiger partial charge < -0.3 is 20.1 Å². The molecular weight excluding hydrogens is 433 g/mol. The Morgan fingerprint density at radius 3 is 2.68 bits per heavy atom. The van der Waals surface area contributed by atoms with Gasteiger partial charge in [-0.05, 0) is 73.5 Å². The molecule has 0 saturated carbocycles. The first-order valence-electron chi connectivity index (χ1n) is 11.0. The van der Waals surface area contributed by atoms with E-state index in [1.54, 1.807) is 6.07 Å². The Morgan fingerprint density at radius 1 is 1.03 bits per heavy atom. The summed E-state index contributed by atoms with van der Waals surface area (Å²) in [6.45, 7) is 4.85. The highest BCUT2D eigenvalue weighted by molar-refractivity contribution is 5.97. The van der Waals surface area contributed by atoms with Crippen LogP contribution >= 0.6 is 0 Å². The second-order valence-corrected chi connectivity index (χ2v) is 8.20. The highest BCUT2D eigenvalue weighted by Crippen LogP contribution is 2.29. The zero-order chi connectivity index (χ0) is 23.5. The number of nitrogens with zero attached hydrogens (tertiary/aromatic N) is 3. The molecule has 0 spiro atoms. The van der Waals surface area contributed by atoms with Crippen molar-refractivity contribution in [2.24, 2.45) is 4.99 Å². The fraction of sp³-hybridized carbons (Fsp3) is 0.192. The quantitative estimate of drug-likeness (QED) is 0.393. The molecule has 1 aliphatic rings. The Kier molecular flexibility index (Phi) is 5.95. The van der Waals surface area contributed by atoms with E-state index in [1.165, 1.54) is 18.5 Å². The van der Waals surface area contributed by atoms with Crippen molar-refractivity contribution in [3.8, 4) is 5.75 Å². The van der Waals surface area contributed by atoms with Crippen LogP contribution < -0.4 is 15.4 Å². The van der Waals surface area contributed by atoms with E-state index < -0.39 is 0 Å². The van der Waals surface area contributed by atoms with Crippen LogP contribution in [0.3, 0.4) is 0 Å². The Bertz CT molecular complexity index is 1370. The summed E-state index contributed by atoms with van der Waals surface area (Å²) in [4.78, 5) is 13.2. The lowest BCUT2D eigenvalue weighted by Gasteiger charge is -2.13. The lowest BCUT2D eigenvalue weighted by Crippen LogP contribution is -2.11. The molecule has 0 aliphatic carbocycles. The van der Waals surface area contributed by atoms with E-state index in [4.69, 9.17) is 9.47 Å². The van der Waals surface area contributed by atoms with Crippen LogP contribution in [0, 0.1) is 12.7 Å². The number of hydrogen-bond donors (Lipinski definition) is 2. The minimum atomic E-state index is -0.272. The zero-order valence-corrected chi connectivity index (χ0v) is 18.9. The summed E-state index contributed by atoms with van der Waals surface area (Å²) in [5.41, 5.74) is 4.26. The third-order valence-electron chi connectivity index (χ3n) is 5.41. The van der Waals surface area contributed by atoms with Crippen LogP contribution in [0.15, 0.2) is 72.0 Å². The summed E-state index contributed by atoms with van der Waals surface area (Å²) in [5, 5.41) is 7.45. The molecule has 0 amide bonds. The summed E-state index contributed by atoms with van der Waals surface area (Å²) in [5.74, 6) is 1.15. The molecular formula is C26H24FN5O2. The number of ether oxygens (including phenoxy) is 2. The molecule has 4 aromatic rings. The van der Waals surface area contributed by atoms with Gasteiger partial charge in [0.05, 0.1) is 11.6 Å². The number of benzene rings is 3. The maximum Gasteiger partial charge on any atom is 0.289 e. The summed E-state index contributed by atoms with van der Waals surface area (Å²) < 4.78 is 24.8. The number of amidine groups is 1. The molecule has 1 aliphatic heterocycles. The molecule has 0 radical (unpaired) electrons. The highest BCUT2D eigenvalue weighted by atomic mass is 19.1. The lowest BCUT2D eigenvalue weighted by atomic mass is 10.1. The summed E-state index contributed by atoms with van der Waals surface area (Å²) in [7, 11) is 0. The molecule has 2 heterocycles. The summed E-state index contributed by atoms with van der Waals surface area (Å²) in [6.07, 6.45) is 1.53. The predicted molar refractivity (Wildman–Crippen MR) is 131 cm³/mol. The van der Waals surface area contributed by atoms with Crippen molar-refractivity contribution in [3.05, 3.63) is 83.9 Å². The Balaban J connectivity index is 1.33. The second-order valence-electron chi connectivity index (χ2n) is 8.20. The number of hydrogen-bond acceptors (Lipinski definition) is 7. The first-order valence-corrected chi connectivity index (χ1v) is 11.0. The van der Waals surface area contributed by atoms with Crippen LogP contribution in [-0.4, -0.2) is 28.6 Å². The highest BCUT2D eigenvalue weighted by Gasteiger charge is 2.15. The third-order valence-corrected chi connectivity index (χ3v) is 5.41. The van der Waals surface area contributed by atoms with E-state index in [1.807, 2.05) is 56.3 Å². The van der Waals surface area contributed by atoms with Crippen LogP contribution in [-0.2, 0) is 11.3 Å². The molecule has 5 rings (SSSR count). The fourth-order valence-corrected chi connectivity index (χ4v) is 3.71. The standard InChI is InChI=1S/C26H24FN5O2/c1-16-10-20(7-9-24(16)33-14-18-4-3-5-19(27)11-18)31-25-22-12-21(6-8-23(22)28-15-29-25)32-26-30-17(2)13-34-26/h3-12,15,17H,13-14H2,1-2H3,(H,30,32)(H,28,29,31)/t17-/m0/s1. The van der Waals surface area contributed by atoms with Gasteiger partial charge >= 0.3 is 0 Å². The normalized spacial score (nSPS) is 15.0. The van der Waals surface area contributed by atoms with Gasteiger partial charge in [0.25, 0.3) is 6.02 Å². The first-order chi connectivity index (χ1) is 16.5. The average Bonchev–Trinajstić information content (AvgIpc) is 3.23. The number of fused-ring (bicyclic) bond motifs is 1. The van der Waals surface area contributed by atoms with Gasteiger partial charge in [-0.15, -0.1) is 0 Å². The SMILES string of the molecule is Cc1cc(Nc2ncnc3ccc(NC4=N[C@@H](C)CO4)cc23)ccc1OCc1cccc(F)c1. The largest absolute Gasteiger partial charge is 0.489 e. The van der Waals surface area contributed by atoms with Crippen LogP contribution in [0.5, 0.6) is 5.75 Å². The van der Waals surface area contributed by atoms with Crippen molar-refractivity contribution >= 4 is 34.1 Å². The Hall–Kier alpha value is -4.20. The van der Waals surface area contributed by atoms with Crippen molar-refractivity contribution in [3.63, 3.8) is 0 Å². The molecule has 0 bridgehead atoms. The number of aromatic nitrogens is 2. The second kappa shape index (κ2) is 9.35. The Morgan fingerprint density at radius 2 is 1.88 bits per heavy atom. The van der Waals surface area contributed by atoms with Gasteiger partial charge in [0.2, 0.25) is 0 Å². The van der Waals surface area contributed by atoms with Crippen LogP contribution in [0.25, 0.3) is 10.9 Å². The van der Waals surface area contributed by atoms with Crippen LogP contribution in [0.4, 0.5) is 21.6 Å². The van der Waals surface area contributed by atoms with Crippen molar-refractivity contribution < 1.29 is 13.9 Å². The molecule has 172 valence electrons. The number of anilines is 3. The molecule has 0 unspecified atom stereocenters. The van der Waals surface area contributed by atoms with Gasteiger partial charge in [0.1, 0.15) is 36.9 Å². The van der Waals surface area contributed by atoms with Gasteiger partial charge in [-0.25, -0.2) is 19.4 Å². The Labute approximate surface area is 196 Å². The topological polar surface area (TPSA) is 80.7 Å². The van der Waals surface area contributed by atoms with E-state index in [-0.39, 0.29) is 11.9 Å². The van der Waals surface area contributed by atoms with Gasteiger partial charge in [-0.2, -0.15) is 0 Å². The van der Waals surface area contributed by atoms with Gasteiger partial charge in [-0.1, -0.05) is 12.1 Å². The van der Waals surface area contributed by atoms with Crippen LogP contribution in [0.1, 0.15) is 18.1 Å². The number of rotatable bonds is 6. The number of halogens is 1. The first kappa shape index (κ1) is 21.6. The van der Waals surface area contributed by atoms with Crippen molar-refractivity contribution in [1.29, 1.82) is 0 Å². The van der Waals surface area contributed by atoms with E-state index in [0.29, 0.717) is 25.1 Å². The molecule has 1 atom stereocenters. The summed E-state index contributed by atoms with van der Waals surface area (Å²) >= 11 is 0. The average molecular weight is 458 g/mol.